The molecule has 0 spiro atoms. The van der Waals surface area contributed by atoms with E-state index in [0.29, 0.717) is 0 Å². The van der Waals surface area contributed by atoms with Crippen LogP contribution in [0.5, 0.6) is 0 Å². The first-order valence-electron chi connectivity index (χ1n) is 7.57. The van der Waals surface area contributed by atoms with Crippen LogP contribution in [0.2, 0.25) is 5.02 Å². The van der Waals surface area contributed by atoms with Gasteiger partial charge in [0.15, 0.2) is 0 Å². The Hall–Kier alpha value is -2.12. The average Bonchev–Trinajstić information content (AvgIpc) is 2.57. The van der Waals surface area contributed by atoms with Gasteiger partial charge in [0.25, 0.3) is 5.91 Å². The lowest BCUT2D eigenvalue weighted by atomic mass is 9.81. The van der Waals surface area contributed by atoms with Crippen LogP contribution in [-0.4, -0.2) is 16.0 Å². The van der Waals surface area contributed by atoms with E-state index in [1.54, 1.807) is 0 Å². The number of amides is 1. The summed E-state index contributed by atoms with van der Waals surface area (Å²) in [4.78, 5) is 16.3. The maximum absolute atomic E-state index is 15.3. The van der Waals surface area contributed by atoms with Gasteiger partial charge in [-0.05, 0) is 31.0 Å². The molecule has 132 valence electrons. The summed E-state index contributed by atoms with van der Waals surface area (Å²) in [7, 11) is 0. The molecule has 2 N–H and O–H groups in total. The normalized spacial score (nSPS) is 22.4. The van der Waals surface area contributed by atoms with Gasteiger partial charge in [-0.2, -0.15) is 0 Å². The van der Waals surface area contributed by atoms with Gasteiger partial charge in [0.05, 0.1) is 11.8 Å². The van der Waals surface area contributed by atoms with E-state index in [1.165, 1.54) is 18.3 Å². The third-order valence-electron chi connectivity index (χ3n) is 4.23. The molecule has 1 heterocycles. The second-order valence-corrected chi connectivity index (χ2v) is 6.26. The minimum absolute atomic E-state index is 0.0115. The van der Waals surface area contributed by atoms with Crippen molar-refractivity contribution >= 4 is 17.5 Å². The topological polar surface area (TPSA) is 62.2 Å². The molecule has 0 saturated carbocycles. The van der Waals surface area contributed by atoms with Crippen LogP contribution in [0.1, 0.15) is 35.8 Å². The molecule has 1 amide bonds. The van der Waals surface area contributed by atoms with Gasteiger partial charge < -0.3 is 10.4 Å². The number of aliphatic hydroxyl groups is 1. The van der Waals surface area contributed by atoms with Crippen LogP contribution in [0.15, 0.2) is 30.5 Å². The van der Waals surface area contributed by atoms with Crippen molar-refractivity contribution in [3.8, 4) is 0 Å². The van der Waals surface area contributed by atoms with Gasteiger partial charge >= 0.3 is 0 Å². The Morgan fingerprint density at radius 1 is 1.40 bits per heavy atom. The molecule has 2 aromatic rings. The standard InChI is InChI=1S/C17H14ClF3N2O2/c18-9-6-12(19)10(13(20)7-9)8-23-16(25)17(21)4-3-14(24)15-11(17)2-1-5-22-15/h1-2,5-7,14,24H,3-4,8H2,(H,23,25). The minimum atomic E-state index is -2.43. The van der Waals surface area contributed by atoms with E-state index in [0.717, 1.165) is 12.1 Å². The van der Waals surface area contributed by atoms with Crippen molar-refractivity contribution in [2.75, 3.05) is 0 Å². The minimum Gasteiger partial charge on any atom is -0.387 e. The molecule has 0 fully saturated rings. The fraction of sp³-hybridized carbons (Fsp3) is 0.294. The van der Waals surface area contributed by atoms with Gasteiger partial charge in [0.2, 0.25) is 5.67 Å². The number of benzene rings is 1. The lowest BCUT2D eigenvalue weighted by Gasteiger charge is -2.32. The number of aromatic nitrogens is 1. The molecule has 25 heavy (non-hydrogen) atoms. The molecule has 0 aliphatic heterocycles. The third kappa shape index (κ3) is 3.21. The van der Waals surface area contributed by atoms with Crippen LogP contribution in [-0.2, 0) is 17.0 Å². The highest BCUT2D eigenvalue weighted by Gasteiger charge is 2.46. The fourth-order valence-corrected chi connectivity index (χ4v) is 3.10. The number of hydrogen-bond donors (Lipinski definition) is 2. The van der Waals surface area contributed by atoms with E-state index in [1.807, 2.05) is 0 Å². The summed E-state index contributed by atoms with van der Waals surface area (Å²) in [5.41, 5.74) is -2.79. The van der Waals surface area contributed by atoms with E-state index in [4.69, 9.17) is 11.6 Å². The molecule has 0 saturated heterocycles. The smallest absolute Gasteiger partial charge is 0.262 e. The Morgan fingerprint density at radius 2 is 2.08 bits per heavy atom. The lowest BCUT2D eigenvalue weighted by molar-refractivity contribution is -0.135. The highest BCUT2D eigenvalue weighted by atomic mass is 35.5. The Labute approximate surface area is 146 Å². The first-order chi connectivity index (χ1) is 11.8. The number of pyridine rings is 1. The molecule has 0 bridgehead atoms. The first-order valence-corrected chi connectivity index (χ1v) is 7.95. The number of alkyl halides is 1. The second kappa shape index (κ2) is 6.65. The molecule has 2 unspecified atom stereocenters. The molecule has 1 aromatic carbocycles. The number of halogens is 4. The SMILES string of the molecule is O=C(NCc1c(F)cc(Cl)cc1F)C1(F)CCC(O)c2ncccc21. The van der Waals surface area contributed by atoms with Crippen molar-refractivity contribution in [3.63, 3.8) is 0 Å². The molecular formula is C17H14ClF3N2O2. The van der Waals surface area contributed by atoms with E-state index in [2.05, 4.69) is 10.3 Å². The van der Waals surface area contributed by atoms with Crippen molar-refractivity contribution in [3.05, 3.63) is 63.9 Å². The Morgan fingerprint density at radius 3 is 2.76 bits per heavy atom. The average molecular weight is 371 g/mol. The van der Waals surface area contributed by atoms with Crippen molar-refractivity contribution in [2.24, 2.45) is 0 Å². The summed E-state index contributed by atoms with van der Waals surface area (Å²) in [5.74, 6) is -2.90. The maximum Gasteiger partial charge on any atom is 0.262 e. The highest BCUT2D eigenvalue weighted by molar-refractivity contribution is 6.30. The number of nitrogens with zero attached hydrogens (tertiary/aromatic N) is 1. The Balaban J connectivity index is 1.84. The summed E-state index contributed by atoms with van der Waals surface area (Å²) >= 11 is 5.54. The van der Waals surface area contributed by atoms with E-state index in [-0.39, 0.29) is 29.1 Å². The molecule has 1 aliphatic rings. The number of rotatable bonds is 3. The van der Waals surface area contributed by atoms with Crippen molar-refractivity contribution in [1.82, 2.24) is 10.3 Å². The molecule has 4 nitrogen and oxygen atoms in total. The first kappa shape index (κ1) is 17.7. The number of hydrogen-bond acceptors (Lipinski definition) is 3. The van der Waals surface area contributed by atoms with Crippen molar-refractivity contribution < 1.29 is 23.1 Å². The number of nitrogens with one attached hydrogen (secondary N) is 1. The van der Waals surface area contributed by atoms with Gasteiger partial charge in [0, 0.05) is 28.9 Å². The van der Waals surface area contributed by atoms with Gasteiger partial charge in [-0.3, -0.25) is 9.78 Å². The van der Waals surface area contributed by atoms with Crippen LogP contribution >= 0.6 is 11.6 Å². The molecule has 0 radical (unpaired) electrons. The largest absolute Gasteiger partial charge is 0.387 e. The van der Waals surface area contributed by atoms with Crippen molar-refractivity contribution in [2.45, 2.75) is 31.2 Å². The van der Waals surface area contributed by atoms with Gasteiger partial charge in [-0.1, -0.05) is 17.7 Å². The fourth-order valence-electron chi connectivity index (χ4n) is 2.91. The predicted octanol–water partition coefficient (Wildman–Crippen LogP) is 3.32. The molecule has 8 heteroatoms. The number of aliphatic hydroxyl groups excluding tert-OH is 1. The van der Waals surface area contributed by atoms with Gasteiger partial charge in [-0.15, -0.1) is 0 Å². The highest BCUT2D eigenvalue weighted by Crippen LogP contribution is 2.42. The maximum atomic E-state index is 15.3. The quantitative estimate of drug-likeness (QED) is 0.871. The van der Waals surface area contributed by atoms with Crippen LogP contribution in [0.4, 0.5) is 13.2 Å². The predicted molar refractivity (Wildman–Crippen MR) is 84.4 cm³/mol. The zero-order chi connectivity index (χ0) is 18.2. The van der Waals surface area contributed by atoms with E-state index < -0.39 is 41.4 Å². The zero-order valence-electron chi connectivity index (χ0n) is 12.9. The molecule has 1 aliphatic carbocycles. The molecular weight excluding hydrogens is 357 g/mol. The number of carbonyl (C=O) groups excluding carboxylic acids is 1. The van der Waals surface area contributed by atoms with E-state index in [9.17, 15) is 18.7 Å². The van der Waals surface area contributed by atoms with Crippen LogP contribution < -0.4 is 5.32 Å². The summed E-state index contributed by atoms with van der Waals surface area (Å²) in [6, 6.07) is 4.64. The summed E-state index contributed by atoms with van der Waals surface area (Å²) < 4.78 is 42.9. The number of fused-ring (bicyclic) bond motifs is 1. The second-order valence-electron chi connectivity index (χ2n) is 5.82. The van der Waals surface area contributed by atoms with Gasteiger partial charge in [-0.25, -0.2) is 13.2 Å². The molecule has 1 aromatic heterocycles. The monoisotopic (exact) mass is 370 g/mol. The molecule has 2 atom stereocenters. The Kier molecular flexibility index (Phi) is 4.71. The Bertz CT molecular complexity index is 810. The van der Waals surface area contributed by atoms with Crippen molar-refractivity contribution in [1.29, 1.82) is 0 Å². The number of carbonyl (C=O) groups is 1. The zero-order valence-corrected chi connectivity index (χ0v) is 13.7. The molecule has 3 rings (SSSR count). The summed E-state index contributed by atoms with van der Waals surface area (Å²) in [6.07, 6.45) is 0.186. The van der Waals surface area contributed by atoms with Gasteiger partial charge in [0.1, 0.15) is 11.6 Å². The van der Waals surface area contributed by atoms with Crippen LogP contribution in [0.25, 0.3) is 0 Å². The van der Waals surface area contributed by atoms with Crippen LogP contribution in [0, 0.1) is 11.6 Å². The van der Waals surface area contributed by atoms with E-state index >= 15 is 4.39 Å². The lowest BCUT2D eigenvalue weighted by Crippen LogP contribution is -2.44. The third-order valence-corrected chi connectivity index (χ3v) is 4.45. The summed E-state index contributed by atoms with van der Waals surface area (Å²) in [6.45, 7) is -0.530. The summed E-state index contributed by atoms with van der Waals surface area (Å²) in [5, 5.41) is 12.0. The van der Waals surface area contributed by atoms with Crippen LogP contribution in [0.3, 0.4) is 0 Å².